The Morgan fingerprint density at radius 3 is 2.83 bits per heavy atom. The number of benzene rings is 2. The number of aryl methyl sites for hydroxylation is 3. The summed E-state index contributed by atoms with van der Waals surface area (Å²) in [4.78, 5) is 24.9. The van der Waals surface area contributed by atoms with Crippen LogP contribution in [-0.2, 0) is 24.3 Å². The molecule has 6 nitrogen and oxygen atoms in total. The van der Waals surface area contributed by atoms with E-state index in [4.69, 9.17) is 4.98 Å². The predicted octanol–water partition coefficient (Wildman–Crippen LogP) is 3.92. The van der Waals surface area contributed by atoms with Gasteiger partial charge in [0.1, 0.15) is 5.82 Å². The highest BCUT2D eigenvalue weighted by molar-refractivity contribution is 5.81. The van der Waals surface area contributed by atoms with Gasteiger partial charge < -0.3 is 14.9 Å². The van der Waals surface area contributed by atoms with Gasteiger partial charge in [-0.3, -0.25) is 4.79 Å². The number of carbonyl (C=O) groups excluding carboxylic acids is 1. The molecule has 0 saturated carbocycles. The standard InChI is InChI=1S/C24H25N5O/c1-15-9-21-22(10-16(15)2)28-23(27-21)18-5-3-17(4-6-18)12-26-24(30)19-7-8-29-14-25-13-20(29)11-19/h3-6,9-10,13-14,19H,7-8,11-12H2,1-2H3,(H,26,30)(H,27,28)/t19-/m1/s1. The molecule has 0 radical (unpaired) electrons. The van der Waals surface area contributed by atoms with E-state index in [1.54, 1.807) is 0 Å². The molecule has 2 aromatic carbocycles. The smallest absolute Gasteiger partial charge is 0.223 e. The summed E-state index contributed by atoms with van der Waals surface area (Å²) >= 11 is 0. The molecule has 1 aliphatic heterocycles. The average molecular weight is 399 g/mol. The predicted molar refractivity (Wildman–Crippen MR) is 117 cm³/mol. The van der Waals surface area contributed by atoms with Gasteiger partial charge in [-0.25, -0.2) is 9.97 Å². The first kappa shape index (κ1) is 18.6. The van der Waals surface area contributed by atoms with E-state index in [0.717, 1.165) is 53.1 Å². The lowest BCUT2D eigenvalue weighted by Crippen LogP contribution is -2.34. The number of nitrogens with one attached hydrogen (secondary N) is 2. The molecule has 4 aromatic rings. The number of rotatable bonds is 4. The molecule has 5 rings (SSSR count). The van der Waals surface area contributed by atoms with Crippen molar-refractivity contribution in [1.82, 2.24) is 24.8 Å². The van der Waals surface area contributed by atoms with Crippen molar-refractivity contribution in [3.63, 3.8) is 0 Å². The van der Waals surface area contributed by atoms with Crippen LogP contribution < -0.4 is 5.32 Å². The van der Waals surface area contributed by atoms with E-state index in [9.17, 15) is 4.79 Å². The van der Waals surface area contributed by atoms with Gasteiger partial charge in [-0.15, -0.1) is 0 Å². The Labute approximate surface area is 175 Å². The van der Waals surface area contributed by atoms with E-state index in [1.807, 2.05) is 12.5 Å². The van der Waals surface area contributed by atoms with Crippen LogP contribution in [0.1, 0.15) is 28.8 Å². The lowest BCUT2D eigenvalue weighted by atomic mass is 9.95. The second-order valence-electron chi connectivity index (χ2n) is 8.22. The van der Waals surface area contributed by atoms with Gasteiger partial charge in [0.2, 0.25) is 5.91 Å². The Hall–Kier alpha value is -3.41. The summed E-state index contributed by atoms with van der Waals surface area (Å²) in [5.41, 5.74) is 7.80. The summed E-state index contributed by atoms with van der Waals surface area (Å²) in [6, 6.07) is 12.5. The number of aromatic nitrogens is 4. The molecule has 0 fully saturated rings. The van der Waals surface area contributed by atoms with Crippen LogP contribution in [0.25, 0.3) is 22.4 Å². The summed E-state index contributed by atoms with van der Waals surface area (Å²) in [6.45, 7) is 5.61. The van der Waals surface area contributed by atoms with Gasteiger partial charge in [-0.1, -0.05) is 24.3 Å². The first-order valence-corrected chi connectivity index (χ1v) is 10.4. The summed E-state index contributed by atoms with van der Waals surface area (Å²) in [7, 11) is 0. The third-order valence-electron chi connectivity index (χ3n) is 6.13. The second-order valence-corrected chi connectivity index (χ2v) is 8.22. The highest BCUT2D eigenvalue weighted by Crippen LogP contribution is 2.24. The Morgan fingerprint density at radius 1 is 1.20 bits per heavy atom. The zero-order chi connectivity index (χ0) is 20.7. The monoisotopic (exact) mass is 399 g/mol. The van der Waals surface area contributed by atoms with Gasteiger partial charge in [0, 0.05) is 42.9 Å². The van der Waals surface area contributed by atoms with Crippen molar-refractivity contribution >= 4 is 16.9 Å². The fourth-order valence-corrected chi connectivity index (χ4v) is 4.11. The lowest BCUT2D eigenvalue weighted by molar-refractivity contribution is -0.125. The maximum Gasteiger partial charge on any atom is 0.223 e. The number of nitrogens with zero attached hydrogens (tertiary/aromatic N) is 3. The Kier molecular flexibility index (Phi) is 4.62. The number of hydrogen-bond acceptors (Lipinski definition) is 3. The lowest BCUT2D eigenvalue weighted by Gasteiger charge is -2.23. The van der Waals surface area contributed by atoms with Crippen LogP contribution in [-0.4, -0.2) is 25.4 Å². The molecule has 2 aromatic heterocycles. The average Bonchev–Trinajstić information content (AvgIpc) is 3.39. The molecule has 152 valence electrons. The van der Waals surface area contributed by atoms with Gasteiger partial charge in [0.25, 0.3) is 0 Å². The SMILES string of the molecule is Cc1cc2nc(-c3ccc(CNC(=O)[C@@H]4CCn5cncc5C4)cc3)[nH]c2cc1C. The van der Waals surface area contributed by atoms with E-state index in [-0.39, 0.29) is 11.8 Å². The zero-order valence-electron chi connectivity index (χ0n) is 17.3. The molecule has 0 bridgehead atoms. The molecule has 0 unspecified atom stereocenters. The van der Waals surface area contributed by atoms with Crippen molar-refractivity contribution < 1.29 is 4.79 Å². The zero-order valence-corrected chi connectivity index (χ0v) is 17.3. The highest BCUT2D eigenvalue weighted by Gasteiger charge is 2.24. The molecule has 0 spiro atoms. The minimum atomic E-state index is 0.0240. The van der Waals surface area contributed by atoms with Crippen LogP contribution in [0.4, 0.5) is 0 Å². The van der Waals surface area contributed by atoms with Crippen LogP contribution in [0.5, 0.6) is 0 Å². The van der Waals surface area contributed by atoms with E-state index >= 15 is 0 Å². The van der Waals surface area contributed by atoms with Crippen LogP contribution in [0.15, 0.2) is 48.9 Å². The fourth-order valence-electron chi connectivity index (χ4n) is 4.11. The Balaban J connectivity index is 1.24. The van der Waals surface area contributed by atoms with Crippen LogP contribution in [0, 0.1) is 19.8 Å². The third-order valence-corrected chi connectivity index (χ3v) is 6.13. The first-order valence-electron chi connectivity index (χ1n) is 10.4. The Bertz CT molecular complexity index is 1180. The van der Waals surface area contributed by atoms with Crippen LogP contribution in [0.3, 0.4) is 0 Å². The van der Waals surface area contributed by atoms with Gasteiger partial charge in [-0.2, -0.15) is 0 Å². The summed E-state index contributed by atoms with van der Waals surface area (Å²) in [5, 5.41) is 3.09. The van der Waals surface area contributed by atoms with E-state index in [2.05, 4.69) is 70.1 Å². The second kappa shape index (κ2) is 7.44. The molecule has 1 aliphatic rings. The first-order chi connectivity index (χ1) is 14.6. The quantitative estimate of drug-likeness (QED) is 0.546. The molecule has 1 amide bonds. The normalized spacial score (nSPS) is 15.9. The van der Waals surface area contributed by atoms with Crippen molar-refractivity contribution in [3.05, 3.63) is 71.3 Å². The molecule has 0 saturated heterocycles. The number of carbonyl (C=O) groups is 1. The minimum Gasteiger partial charge on any atom is -0.352 e. The molecular formula is C24H25N5O. The van der Waals surface area contributed by atoms with Gasteiger partial charge in [0.15, 0.2) is 0 Å². The fraction of sp³-hybridized carbons (Fsp3) is 0.292. The van der Waals surface area contributed by atoms with E-state index in [1.165, 1.54) is 11.1 Å². The molecular weight excluding hydrogens is 374 g/mol. The molecule has 1 atom stereocenters. The van der Waals surface area contributed by atoms with Crippen molar-refractivity contribution in [2.45, 2.75) is 39.8 Å². The van der Waals surface area contributed by atoms with Crippen molar-refractivity contribution in [2.24, 2.45) is 5.92 Å². The molecule has 30 heavy (non-hydrogen) atoms. The number of hydrogen-bond donors (Lipinski definition) is 2. The maximum absolute atomic E-state index is 12.6. The minimum absolute atomic E-state index is 0.0240. The topological polar surface area (TPSA) is 75.6 Å². The van der Waals surface area contributed by atoms with Crippen LogP contribution in [0.2, 0.25) is 0 Å². The summed E-state index contributed by atoms with van der Waals surface area (Å²) in [6.07, 6.45) is 5.32. The molecule has 3 heterocycles. The largest absolute Gasteiger partial charge is 0.352 e. The van der Waals surface area contributed by atoms with Gasteiger partial charge in [0.05, 0.1) is 17.4 Å². The maximum atomic E-state index is 12.6. The summed E-state index contributed by atoms with van der Waals surface area (Å²) < 4.78 is 2.13. The number of amides is 1. The van der Waals surface area contributed by atoms with Crippen molar-refractivity contribution in [2.75, 3.05) is 0 Å². The molecule has 0 aliphatic carbocycles. The van der Waals surface area contributed by atoms with Crippen molar-refractivity contribution in [3.8, 4) is 11.4 Å². The number of imidazole rings is 2. The molecule has 2 N–H and O–H groups in total. The summed E-state index contributed by atoms with van der Waals surface area (Å²) in [5.74, 6) is 1.01. The van der Waals surface area contributed by atoms with Crippen LogP contribution >= 0.6 is 0 Å². The van der Waals surface area contributed by atoms with E-state index in [0.29, 0.717) is 6.54 Å². The number of fused-ring (bicyclic) bond motifs is 2. The highest BCUT2D eigenvalue weighted by atomic mass is 16.1. The third kappa shape index (κ3) is 3.49. The number of H-pyrrole nitrogens is 1. The van der Waals surface area contributed by atoms with E-state index < -0.39 is 0 Å². The van der Waals surface area contributed by atoms with Gasteiger partial charge in [-0.05, 0) is 49.1 Å². The van der Waals surface area contributed by atoms with Gasteiger partial charge >= 0.3 is 0 Å². The number of aromatic amines is 1. The Morgan fingerprint density at radius 2 is 2.00 bits per heavy atom. The van der Waals surface area contributed by atoms with Crippen molar-refractivity contribution in [1.29, 1.82) is 0 Å². The molecule has 6 heteroatoms.